The van der Waals surface area contributed by atoms with Crippen LogP contribution in [0, 0.1) is 0 Å². The summed E-state index contributed by atoms with van der Waals surface area (Å²) in [4.78, 5) is 26.4. The van der Waals surface area contributed by atoms with Crippen molar-refractivity contribution in [1.82, 2.24) is 5.32 Å². The molecule has 2 aromatic rings. The number of nitrogens with one attached hydrogen (secondary N) is 1. The Balaban J connectivity index is 2.05. The lowest BCUT2D eigenvalue weighted by Gasteiger charge is -2.21. The van der Waals surface area contributed by atoms with Gasteiger partial charge in [-0.25, -0.2) is 0 Å². The van der Waals surface area contributed by atoms with E-state index in [1.165, 1.54) is 14.2 Å². The van der Waals surface area contributed by atoms with E-state index in [4.69, 9.17) is 9.47 Å². The van der Waals surface area contributed by atoms with E-state index < -0.39 is 0 Å². The van der Waals surface area contributed by atoms with Crippen molar-refractivity contribution in [3.05, 3.63) is 54.1 Å². The molecule has 25 heavy (non-hydrogen) atoms. The molecule has 1 N–H and O–H groups in total. The molecule has 0 fully saturated rings. The lowest BCUT2D eigenvalue weighted by Crippen LogP contribution is -2.40. The van der Waals surface area contributed by atoms with E-state index in [0.29, 0.717) is 23.6 Å². The zero-order valence-electron chi connectivity index (χ0n) is 14.6. The topological polar surface area (TPSA) is 67.9 Å². The molecular weight excluding hydrogens is 320 g/mol. The van der Waals surface area contributed by atoms with E-state index in [1.807, 2.05) is 37.3 Å². The minimum Gasteiger partial charge on any atom is -0.497 e. The molecule has 0 aromatic heterocycles. The predicted molar refractivity (Wildman–Crippen MR) is 96.3 cm³/mol. The van der Waals surface area contributed by atoms with Crippen LogP contribution in [0.1, 0.15) is 17.3 Å². The number of nitrogens with zero attached hydrogens (tertiary/aromatic N) is 1. The number of carbonyl (C=O) groups is 2. The van der Waals surface area contributed by atoms with Gasteiger partial charge in [0.25, 0.3) is 5.91 Å². The Bertz CT molecular complexity index is 709. The zero-order valence-corrected chi connectivity index (χ0v) is 14.6. The van der Waals surface area contributed by atoms with Crippen LogP contribution in [0.25, 0.3) is 0 Å². The van der Waals surface area contributed by atoms with Crippen LogP contribution < -0.4 is 19.7 Å². The summed E-state index contributed by atoms with van der Waals surface area (Å²) in [5, 5.41) is 2.64. The van der Waals surface area contributed by atoms with Gasteiger partial charge in [0.15, 0.2) is 0 Å². The molecule has 6 heteroatoms. The van der Waals surface area contributed by atoms with Crippen molar-refractivity contribution < 1.29 is 19.1 Å². The molecule has 0 spiro atoms. The van der Waals surface area contributed by atoms with Crippen LogP contribution in [0.15, 0.2) is 48.5 Å². The molecule has 132 valence electrons. The van der Waals surface area contributed by atoms with Crippen molar-refractivity contribution in [2.24, 2.45) is 0 Å². The zero-order chi connectivity index (χ0) is 18.2. The fourth-order valence-electron chi connectivity index (χ4n) is 2.40. The standard InChI is InChI=1S/C19H22N2O4/c1-4-21(15-8-6-5-7-9-15)18(22)13-20-19(23)14-10-16(24-2)12-17(11-14)25-3/h5-12H,4,13H2,1-3H3,(H,20,23). The second kappa shape index (κ2) is 8.73. The van der Waals surface area contributed by atoms with Crippen LogP contribution in [0.2, 0.25) is 0 Å². The Morgan fingerprint density at radius 1 is 1.00 bits per heavy atom. The second-order valence-electron chi connectivity index (χ2n) is 5.26. The summed E-state index contributed by atoms with van der Waals surface area (Å²) in [5.41, 5.74) is 1.17. The van der Waals surface area contributed by atoms with Crippen molar-refractivity contribution in [3.8, 4) is 11.5 Å². The second-order valence-corrected chi connectivity index (χ2v) is 5.26. The van der Waals surface area contributed by atoms with Gasteiger partial charge in [-0.05, 0) is 31.2 Å². The van der Waals surface area contributed by atoms with Gasteiger partial charge in [0, 0.05) is 23.9 Å². The van der Waals surface area contributed by atoms with E-state index >= 15 is 0 Å². The Labute approximate surface area is 147 Å². The summed E-state index contributed by atoms with van der Waals surface area (Å²) in [6, 6.07) is 14.2. The monoisotopic (exact) mass is 342 g/mol. The van der Waals surface area contributed by atoms with Gasteiger partial charge in [0.1, 0.15) is 11.5 Å². The summed E-state index contributed by atoms with van der Waals surface area (Å²) < 4.78 is 10.3. The molecule has 2 aromatic carbocycles. The maximum atomic E-state index is 12.4. The van der Waals surface area contributed by atoms with Gasteiger partial charge in [0.05, 0.1) is 20.8 Å². The predicted octanol–water partition coefficient (Wildman–Crippen LogP) is 2.49. The van der Waals surface area contributed by atoms with Crippen molar-refractivity contribution in [2.75, 3.05) is 32.2 Å². The van der Waals surface area contributed by atoms with Crippen LogP contribution in [-0.2, 0) is 4.79 Å². The number of hydrogen-bond acceptors (Lipinski definition) is 4. The molecule has 0 heterocycles. The number of hydrogen-bond donors (Lipinski definition) is 1. The van der Waals surface area contributed by atoms with Gasteiger partial charge < -0.3 is 19.7 Å². The number of methoxy groups -OCH3 is 2. The summed E-state index contributed by atoms with van der Waals surface area (Å²) in [6.07, 6.45) is 0. The summed E-state index contributed by atoms with van der Waals surface area (Å²) in [6.45, 7) is 2.31. The quantitative estimate of drug-likeness (QED) is 0.839. The first-order valence-electron chi connectivity index (χ1n) is 7.95. The molecule has 0 radical (unpaired) electrons. The van der Waals surface area contributed by atoms with Gasteiger partial charge in [-0.1, -0.05) is 18.2 Å². The number of carbonyl (C=O) groups excluding carboxylic acids is 2. The Morgan fingerprint density at radius 2 is 1.60 bits per heavy atom. The minimum atomic E-state index is -0.366. The summed E-state index contributed by atoms with van der Waals surface area (Å²) >= 11 is 0. The molecule has 0 aliphatic carbocycles. The van der Waals surface area contributed by atoms with Crippen LogP contribution >= 0.6 is 0 Å². The lowest BCUT2D eigenvalue weighted by atomic mass is 10.2. The van der Waals surface area contributed by atoms with Gasteiger partial charge in [0.2, 0.25) is 5.91 Å². The molecule has 2 amide bonds. The summed E-state index contributed by atoms with van der Waals surface area (Å²) in [5.74, 6) is 0.470. The first-order valence-corrected chi connectivity index (χ1v) is 7.95. The first-order chi connectivity index (χ1) is 12.1. The van der Waals surface area contributed by atoms with Crippen molar-refractivity contribution >= 4 is 17.5 Å². The third kappa shape index (κ3) is 4.73. The van der Waals surface area contributed by atoms with E-state index in [2.05, 4.69) is 5.32 Å². The lowest BCUT2D eigenvalue weighted by molar-refractivity contribution is -0.117. The highest BCUT2D eigenvalue weighted by molar-refractivity contribution is 6.00. The highest BCUT2D eigenvalue weighted by atomic mass is 16.5. The maximum Gasteiger partial charge on any atom is 0.251 e. The smallest absolute Gasteiger partial charge is 0.251 e. The minimum absolute atomic E-state index is 0.0961. The Morgan fingerprint density at radius 3 is 2.12 bits per heavy atom. The molecule has 0 atom stereocenters. The third-order valence-corrected chi connectivity index (χ3v) is 3.70. The average Bonchev–Trinajstić information content (AvgIpc) is 2.67. The van der Waals surface area contributed by atoms with Crippen molar-refractivity contribution in [3.63, 3.8) is 0 Å². The van der Waals surface area contributed by atoms with Crippen molar-refractivity contribution in [2.45, 2.75) is 6.92 Å². The van der Waals surface area contributed by atoms with Crippen molar-refractivity contribution in [1.29, 1.82) is 0 Å². The SMILES string of the molecule is CCN(C(=O)CNC(=O)c1cc(OC)cc(OC)c1)c1ccccc1. The van der Waals surface area contributed by atoms with Crippen LogP contribution in [0.3, 0.4) is 0 Å². The van der Waals surface area contributed by atoms with Crippen LogP contribution in [0.4, 0.5) is 5.69 Å². The Hall–Kier alpha value is -3.02. The number of amides is 2. The molecule has 2 rings (SSSR count). The number of rotatable bonds is 7. The molecule has 6 nitrogen and oxygen atoms in total. The first kappa shape index (κ1) is 18.3. The Kier molecular flexibility index (Phi) is 6.39. The molecular formula is C19H22N2O4. The normalized spacial score (nSPS) is 10.0. The van der Waals surface area contributed by atoms with E-state index in [1.54, 1.807) is 23.1 Å². The van der Waals surface area contributed by atoms with E-state index in [9.17, 15) is 9.59 Å². The van der Waals surface area contributed by atoms with Crippen LogP contribution in [-0.4, -0.2) is 39.1 Å². The number of benzene rings is 2. The number of likely N-dealkylation sites (N-methyl/N-ethyl adjacent to an activating group) is 1. The van der Waals surface area contributed by atoms with Gasteiger partial charge in [-0.3, -0.25) is 9.59 Å². The van der Waals surface area contributed by atoms with Gasteiger partial charge >= 0.3 is 0 Å². The van der Waals surface area contributed by atoms with E-state index in [-0.39, 0.29) is 18.4 Å². The molecule has 0 bridgehead atoms. The number of para-hydroxylation sites is 1. The largest absolute Gasteiger partial charge is 0.497 e. The number of ether oxygens (including phenoxy) is 2. The molecule has 0 saturated carbocycles. The summed E-state index contributed by atoms with van der Waals surface area (Å²) in [7, 11) is 3.03. The van der Waals surface area contributed by atoms with E-state index in [0.717, 1.165) is 5.69 Å². The average molecular weight is 342 g/mol. The third-order valence-electron chi connectivity index (χ3n) is 3.70. The van der Waals surface area contributed by atoms with Gasteiger partial charge in [-0.15, -0.1) is 0 Å². The number of anilines is 1. The molecule has 0 saturated heterocycles. The maximum absolute atomic E-state index is 12.4. The molecule has 0 aliphatic heterocycles. The molecule has 0 aliphatic rings. The molecule has 0 unspecified atom stereocenters. The fourth-order valence-corrected chi connectivity index (χ4v) is 2.40. The fraction of sp³-hybridized carbons (Fsp3) is 0.263. The highest BCUT2D eigenvalue weighted by Gasteiger charge is 2.16. The highest BCUT2D eigenvalue weighted by Crippen LogP contribution is 2.22. The van der Waals surface area contributed by atoms with Gasteiger partial charge in [-0.2, -0.15) is 0 Å². The van der Waals surface area contributed by atoms with Crippen LogP contribution in [0.5, 0.6) is 11.5 Å².